The number of hydrogen-bond donors (Lipinski definition) is 1. The average Bonchev–Trinajstić information content (AvgIpc) is 2.60. The third-order valence-electron chi connectivity index (χ3n) is 3.89. The molecule has 4 nitrogen and oxygen atoms in total. The molecular weight excluding hydrogens is 288 g/mol. The number of hydrogen-bond acceptors (Lipinski definition) is 4. The fourth-order valence-electron chi connectivity index (χ4n) is 2.72. The quantitative estimate of drug-likeness (QED) is 0.422. The molecule has 0 fully saturated rings. The highest BCUT2D eigenvalue weighted by molar-refractivity contribution is 5.86. The molecule has 2 heterocycles. The van der Waals surface area contributed by atoms with Crippen molar-refractivity contribution in [3.8, 4) is 11.5 Å². The maximum atomic E-state index is 9.28. The van der Waals surface area contributed by atoms with Crippen LogP contribution in [0.3, 0.4) is 0 Å². The predicted molar refractivity (Wildman–Crippen MR) is 89.0 cm³/mol. The van der Waals surface area contributed by atoms with Crippen LogP contribution in [0, 0.1) is 6.92 Å². The third kappa shape index (κ3) is 2.34. The van der Waals surface area contributed by atoms with Crippen LogP contribution in [0.25, 0.3) is 33.2 Å². The van der Waals surface area contributed by atoms with Gasteiger partial charge in [-0.25, -0.2) is 0 Å². The summed E-state index contributed by atoms with van der Waals surface area (Å²) in [5.41, 5.74) is 2.55. The summed E-state index contributed by atoms with van der Waals surface area (Å²) in [4.78, 5) is 4.47. The van der Waals surface area contributed by atoms with E-state index in [1.54, 1.807) is 6.07 Å². The van der Waals surface area contributed by atoms with E-state index in [-0.39, 0.29) is 0 Å². The van der Waals surface area contributed by atoms with Crippen molar-refractivity contribution in [3.63, 3.8) is 0 Å². The summed E-state index contributed by atoms with van der Waals surface area (Å²) in [7, 11) is 0. The fraction of sp³-hybridized carbons (Fsp3) is 0.0526. The van der Waals surface area contributed by atoms with Crippen LogP contribution in [0.1, 0.15) is 5.56 Å². The smallest absolute Gasteiger partial charge is 0.155 e. The van der Waals surface area contributed by atoms with Gasteiger partial charge in [0, 0.05) is 23.0 Å². The number of nitrogens with zero attached hydrogens (tertiary/aromatic N) is 2. The highest BCUT2D eigenvalue weighted by Crippen LogP contribution is 2.24. The van der Waals surface area contributed by atoms with Gasteiger partial charge in [0.2, 0.25) is 0 Å². The first-order valence-corrected chi connectivity index (χ1v) is 7.32. The molecule has 0 spiro atoms. The lowest BCUT2D eigenvalue weighted by molar-refractivity contribution is 0.302. The van der Waals surface area contributed by atoms with E-state index in [9.17, 15) is 5.21 Å². The summed E-state index contributed by atoms with van der Waals surface area (Å²) in [5.74, 6) is 0.569. The van der Waals surface area contributed by atoms with Crippen LogP contribution >= 0.6 is 0 Å². The molecule has 0 saturated carbocycles. The Morgan fingerprint density at radius 1 is 1.00 bits per heavy atom. The zero-order valence-corrected chi connectivity index (χ0v) is 12.5. The van der Waals surface area contributed by atoms with E-state index in [1.165, 1.54) is 5.56 Å². The number of aromatic nitrogens is 1. The van der Waals surface area contributed by atoms with Gasteiger partial charge in [-0.2, -0.15) is 0 Å². The second kappa shape index (κ2) is 5.25. The molecule has 1 N–H and O–H groups in total. The lowest BCUT2D eigenvalue weighted by Gasteiger charge is -2.05. The van der Waals surface area contributed by atoms with Gasteiger partial charge in [0.05, 0.1) is 0 Å². The summed E-state index contributed by atoms with van der Waals surface area (Å²) in [5, 5.41) is 16.1. The lowest BCUT2D eigenvalue weighted by atomic mass is 10.1. The molecule has 0 radical (unpaired) electrons. The van der Waals surface area contributed by atoms with Gasteiger partial charge in [-0.3, -0.25) is 4.98 Å². The largest absolute Gasteiger partial charge is 0.454 e. The van der Waals surface area contributed by atoms with Gasteiger partial charge in [0.1, 0.15) is 16.6 Å². The summed E-state index contributed by atoms with van der Waals surface area (Å²) < 4.78 is 5.94. The van der Waals surface area contributed by atoms with Crippen LogP contribution in [0.2, 0.25) is 0 Å². The van der Waals surface area contributed by atoms with Crippen molar-refractivity contribution in [1.29, 1.82) is 0 Å². The van der Waals surface area contributed by atoms with Crippen LogP contribution in [0.5, 0.6) is 0 Å². The molecule has 4 aromatic rings. The molecule has 112 valence electrons. The maximum Gasteiger partial charge on any atom is 0.155 e. The van der Waals surface area contributed by atoms with Gasteiger partial charge in [-0.1, -0.05) is 41.1 Å². The zero-order valence-electron chi connectivity index (χ0n) is 12.5. The molecule has 2 aromatic carbocycles. The number of pyridine rings is 1. The Hall–Kier alpha value is -3.14. The van der Waals surface area contributed by atoms with Crippen LogP contribution in [0.4, 0.5) is 0 Å². The van der Waals surface area contributed by atoms with Gasteiger partial charge in [0.15, 0.2) is 5.76 Å². The summed E-state index contributed by atoms with van der Waals surface area (Å²) in [6, 6.07) is 17.4. The first-order valence-electron chi connectivity index (χ1n) is 7.32. The van der Waals surface area contributed by atoms with Gasteiger partial charge in [-0.05, 0) is 30.5 Å². The van der Waals surface area contributed by atoms with E-state index in [4.69, 9.17) is 4.42 Å². The summed E-state index contributed by atoms with van der Waals surface area (Å²) in [6.45, 7) is 2.06. The van der Waals surface area contributed by atoms with E-state index >= 15 is 0 Å². The maximum absolute atomic E-state index is 9.28. The fourth-order valence-corrected chi connectivity index (χ4v) is 2.72. The number of benzene rings is 2. The standard InChI is InChI=1S/C19H14N2O2/c1-12-6-7-13-11-20-17(9-14(13)8-12)19-10-16(21-22)15-4-2-3-5-18(15)23-19/h2-11,22H,1H3/b21-16-. The van der Waals surface area contributed by atoms with Crippen molar-refractivity contribution in [1.82, 2.24) is 4.98 Å². The monoisotopic (exact) mass is 302 g/mol. The molecule has 4 heteroatoms. The van der Waals surface area contributed by atoms with Gasteiger partial charge < -0.3 is 9.62 Å². The summed E-state index contributed by atoms with van der Waals surface area (Å²) in [6.07, 6.45) is 1.82. The molecule has 2 aromatic heterocycles. The second-order valence-electron chi connectivity index (χ2n) is 5.51. The second-order valence-corrected chi connectivity index (χ2v) is 5.51. The van der Waals surface area contributed by atoms with E-state index in [0.29, 0.717) is 22.4 Å². The van der Waals surface area contributed by atoms with Crippen LogP contribution < -0.4 is 5.36 Å². The highest BCUT2D eigenvalue weighted by Gasteiger charge is 2.08. The molecule has 0 saturated heterocycles. The topological polar surface area (TPSA) is 58.6 Å². The minimum absolute atomic E-state index is 0.466. The Kier molecular flexibility index (Phi) is 3.08. The average molecular weight is 302 g/mol. The highest BCUT2D eigenvalue weighted by atomic mass is 16.4. The van der Waals surface area contributed by atoms with Crippen LogP contribution in [0.15, 0.2) is 70.4 Å². The lowest BCUT2D eigenvalue weighted by Crippen LogP contribution is -2.03. The minimum atomic E-state index is 0.466. The Morgan fingerprint density at radius 2 is 1.87 bits per heavy atom. The molecule has 23 heavy (non-hydrogen) atoms. The number of para-hydroxylation sites is 1. The van der Waals surface area contributed by atoms with Crippen molar-refractivity contribution < 1.29 is 9.62 Å². The van der Waals surface area contributed by atoms with E-state index < -0.39 is 0 Å². The molecular formula is C19H14N2O2. The molecule has 0 aliphatic rings. The number of rotatable bonds is 1. The first-order chi connectivity index (χ1) is 11.2. The van der Waals surface area contributed by atoms with Crippen molar-refractivity contribution >= 4 is 21.7 Å². The number of aryl methyl sites for hydroxylation is 1. The van der Waals surface area contributed by atoms with Crippen molar-refractivity contribution in [2.24, 2.45) is 5.16 Å². The Morgan fingerprint density at radius 3 is 2.74 bits per heavy atom. The normalized spacial score (nSPS) is 12.1. The first kappa shape index (κ1) is 13.5. The van der Waals surface area contributed by atoms with Gasteiger partial charge in [-0.15, -0.1) is 0 Å². The number of fused-ring (bicyclic) bond motifs is 2. The molecule has 0 aliphatic carbocycles. The van der Waals surface area contributed by atoms with Crippen molar-refractivity contribution in [2.75, 3.05) is 0 Å². The van der Waals surface area contributed by atoms with E-state index in [0.717, 1.165) is 16.2 Å². The molecule has 0 amide bonds. The molecule has 0 bridgehead atoms. The molecule has 0 unspecified atom stereocenters. The molecule has 4 rings (SSSR count). The minimum Gasteiger partial charge on any atom is -0.454 e. The molecule has 0 atom stereocenters. The Bertz CT molecular complexity index is 1100. The van der Waals surface area contributed by atoms with Gasteiger partial charge >= 0.3 is 0 Å². The zero-order chi connectivity index (χ0) is 15.8. The SMILES string of the molecule is Cc1ccc2cnc(-c3c/c(=N/O)c4ccccc4o3)cc2c1. The van der Waals surface area contributed by atoms with Crippen LogP contribution in [-0.4, -0.2) is 10.2 Å². The summed E-state index contributed by atoms with van der Waals surface area (Å²) >= 11 is 0. The van der Waals surface area contributed by atoms with Gasteiger partial charge in [0.25, 0.3) is 0 Å². The van der Waals surface area contributed by atoms with Crippen LogP contribution in [-0.2, 0) is 0 Å². The Balaban J connectivity index is 1.98. The Labute approximate surface area is 132 Å². The van der Waals surface area contributed by atoms with E-state index in [2.05, 4.69) is 29.2 Å². The predicted octanol–water partition coefficient (Wildman–Crippen LogP) is 4.25. The van der Waals surface area contributed by atoms with E-state index in [1.807, 2.05) is 42.6 Å². The third-order valence-corrected chi connectivity index (χ3v) is 3.89. The van der Waals surface area contributed by atoms with Crippen molar-refractivity contribution in [2.45, 2.75) is 6.92 Å². The van der Waals surface area contributed by atoms with Crippen molar-refractivity contribution in [3.05, 3.63) is 71.7 Å². The molecule has 0 aliphatic heterocycles.